The van der Waals surface area contributed by atoms with Crippen molar-refractivity contribution in [2.24, 2.45) is 5.92 Å². The van der Waals surface area contributed by atoms with Crippen LogP contribution in [-0.2, 0) is 17.6 Å². The fourth-order valence-corrected chi connectivity index (χ4v) is 5.01. The van der Waals surface area contributed by atoms with Gasteiger partial charge in [-0.25, -0.2) is 9.97 Å². The van der Waals surface area contributed by atoms with Gasteiger partial charge in [0.15, 0.2) is 5.82 Å². The summed E-state index contributed by atoms with van der Waals surface area (Å²) in [5.41, 5.74) is 5.12. The molecule has 0 saturated heterocycles. The summed E-state index contributed by atoms with van der Waals surface area (Å²) in [5, 5.41) is 14.2. The Labute approximate surface area is 188 Å². The number of aromatic nitrogens is 2. The minimum Gasteiger partial charge on any atom is -0.382 e. The highest BCUT2D eigenvalue weighted by atomic mass is 16.3. The van der Waals surface area contributed by atoms with Gasteiger partial charge in [0.25, 0.3) is 0 Å². The van der Waals surface area contributed by atoms with Crippen LogP contribution in [-0.4, -0.2) is 21.0 Å². The van der Waals surface area contributed by atoms with E-state index in [2.05, 4.69) is 17.4 Å². The smallest absolute Gasteiger partial charge is 0.225 e. The van der Waals surface area contributed by atoms with Crippen molar-refractivity contribution >= 4 is 11.7 Å². The molecule has 1 heterocycles. The maximum atomic E-state index is 12.9. The Kier molecular flexibility index (Phi) is 5.99. The van der Waals surface area contributed by atoms with Gasteiger partial charge in [-0.15, -0.1) is 0 Å². The van der Waals surface area contributed by atoms with Gasteiger partial charge < -0.3 is 10.4 Å². The summed E-state index contributed by atoms with van der Waals surface area (Å²) < 4.78 is 0. The van der Waals surface area contributed by atoms with Crippen molar-refractivity contribution in [3.8, 4) is 11.3 Å². The molecule has 32 heavy (non-hydrogen) atoms. The van der Waals surface area contributed by atoms with Gasteiger partial charge in [-0.1, -0.05) is 73.9 Å². The van der Waals surface area contributed by atoms with Crippen molar-refractivity contribution in [2.45, 2.75) is 57.5 Å². The fraction of sp³-hybridized carbons (Fsp3) is 0.370. The Hall–Kier alpha value is -3.05. The van der Waals surface area contributed by atoms with Crippen LogP contribution in [0.4, 0.5) is 5.82 Å². The van der Waals surface area contributed by atoms with E-state index in [-0.39, 0.29) is 5.91 Å². The van der Waals surface area contributed by atoms with Crippen molar-refractivity contribution in [3.05, 3.63) is 77.1 Å². The van der Waals surface area contributed by atoms with E-state index in [1.807, 2.05) is 42.5 Å². The van der Waals surface area contributed by atoms with Gasteiger partial charge in [0.2, 0.25) is 5.91 Å². The number of hydrogen-bond donors (Lipinski definition) is 2. The van der Waals surface area contributed by atoms with Crippen molar-refractivity contribution in [2.75, 3.05) is 5.32 Å². The number of carbonyl (C=O) groups excluding carboxylic acids is 1. The average Bonchev–Trinajstić information content (AvgIpc) is 2.84. The summed E-state index contributed by atoms with van der Waals surface area (Å²) in [7, 11) is 0. The van der Waals surface area contributed by atoms with Gasteiger partial charge in [-0.05, 0) is 42.7 Å². The molecule has 5 nitrogen and oxygen atoms in total. The lowest BCUT2D eigenvalue weighted by molar-refractivity contribution is -0.117. The van der Waals surface area contributed by atoms with Crippen LogP contribution in [0.1, 0.15) is 67.1 Å². The molecule has 0 aliphatic heterocycles. The molecule has 1 fully saturated rings. The zero-order valence-corrected chi connectivity index (χ0v) is 18.3. The first-order chi connectivity index (χ1) is 15.7. The highest BCUT2D eigenvalue weighted by molar-refractivity contribution is 5.91. The Morgan fingerprint density at radius 1 is 0.969 bits per heavy atom. The quantitative estimate of drug-likeness (QED) is 0.584. The van der Waals surface area contributed by atoms with E-state index in [1.54, 1.807) is 0 Å². The lowest BCUT2D eigenvalue weighted by Crippen LogP contribution is -2.22. The maximum absolute atomic E-state index is 12.9. The summed E-state index contributed by atoms with van der Waals surface area (Å²) in [6.07, 6.45) is 7.10. The van der Waals surface area contributed by atoms with E-state index in [1.165, 1.54) is 24.8 Å². The third kappa shape index (κ3) is 4.30. The lowest BCUT2D eigenvalue weighted by atomic mass is 9.87. The molecular weight excluding hydrogens is 398 g/mol. The first kappa shape index (κ1) is 20.8. The number of fused-ring (bicyclic) bond motifs is 3. The molecule has 1 saturated carbocycles. The van der Waals surface area contributed by atoms with Crippen molar-refractivity contribution < 1.29 is 9.90 Å². The Morgan fingerprint density at radius 2 is 1.72 bits per heavy atom. The second-order valence-corrected chi connectivity index (χ2v) is 8.98. The molecule has 1 unspecified atom stereocenters. The Morgan fingerprint density at radius 3 is 2.53 bits per heavy atom. The highest BCUT2D eigenvalue weighted by Gasteiger charge is 2.26. The number of hydrogen-bond acceptors (Lipinski definition) is 4. The molecule has 0 radical (unpaired) electrons. The zero-order chi connectivity index (χ0) is 21.9. The minimum atomic E-state index is -0.965. The molecular formula is C27H29N3O2. The number of rotatable bonds is 5. The topological polar surface area (TPSA) is 75.1 Å². The summed E-state index contributed by atoms with van der Waals surface area (Å²) >= 11 is 0. The van der Waals surface area contributed by atoms with Gasteiger partial charge >= 0.3 is 0 Å². The van der Waals surface area contributed by atoms with Gasteiger partial charge in [0, 0.05) is 12.0 Å². The van der Waals surface area contributed by atoms with E-state index >= 15 is 0 Å². The number of carbonyl (C=O) groups is 1. The van der Waals surface area contributed by atoms with Crippen molar-refractivity contribution in [3.63, 3.8) is 0 Å². The first-order valence-corrected chi connectivity index (χ1v) is 11.7. The molecule has 5 heteroatoms. The third-order valence-electron chi connectivity index (χ3n) is 6.73. The largest absolute Gasteiger partial charge is 0.382 e. The monoisotopic (exact) mass is 427 g/mol. The van der Waals surface area contributed by atoms with E-state index in [0.29, 0.717) is 23.9 Å². The van der Waals surface area contributed by atoms with Crippen LogP contribution >= 0.6 is 0 Å². The molecule has 5 rings (SSSR count). The predicted molar refractivity (Wildman–Crippen MR) is 125 cm³/mol. The number of benzene rings is 2. The summed E-state index contributed by atoms with van der Waals surface area (Å²) in [4.78, 5) is 22.6. The van der Waals surface area contributed by atoms with Crippen LogP contribution in [0.3, 0.4) is 0 Å². The van der Waals surface area contributed by atoms with Crippen LogP contribution in [0, 0.1) is 5.92 Å². The van der Waals surface area contributed by atoms with Crippen LogP contribution in [0.5, 0.6) is 0 Å². The summed E-state index contributed by atoms with van der Waals surface area (Å²) in [6, 6.07) is 17.6. The SMILES string of the molecule is O=C(CC1CCCCC1)Nc1nc2c(nc1C(O)c1ccccc1)-c1ccccc1CC2. The number of nitrogens with one attached hydrogen (secondary N) is 1. The normalized spacial score (nSPS) is 16.7. The van der Waals surface area contributed by atoms with Gasteiger partial charge in [-0.3, -0.25) is 4.79 Å². The Balaban J connectivity index is 1.51. The summed E-state index contributed by atoms with van der Waals surface area (Å²) in [5.74, 6) is 0.785. The number of aliphatic hydroxyl groups is 1. The number of amides is 1. The summed E-state index contributed by atoms with van der Waals surface area (Å²) in [6.45, 7) is 0. The number of aryl methyl sites for hydroxylation is 2. The second-order valence-electron chi connectivity index (χ2n) is 8.98. The van der Waals surface area contributed by atoms with E-state index in [0.717, 1.165) is 48.2 Å². The van der Waals surface area contributed by atoms with E-state index < -0.39 is 6.10 Å². The molecule has 1 atom stereocenters. The maximum Gasteiger partial charge on any atom is 0.225 e. The van der Waals surface area contributed by atoms with Crippen molar-refractivity contribution in [1.29, 1.82) is 0 Å². The molecule has 2 N–H and O–H groups in total. The van der Waals surface area contributed by atoms with E-state index in [9.17, 15) is 9.90 Å². The van der Waals surface area contributed by atoms with Crippen LogP contribution in [0.15, 0.2) is 54.6 Å². The zero-order valence-electron chi connectivity index (χ0n) is 18.3. The molecule has 164 valence electrons. The van der Waals surface area contributed by atoms with Crippen molar-refractivity contribution in [1.82, 2.24) is 9.97 Å². The van der Waals surface area contributed by atoms with Crippen LogP contribution in [0.25, 0.3) is 11.3 Å². The average molecular weight is 428 g/mol. The first-order valence-electron chi connectivity index (χ1n) is 11.7. The lowest BCUT2D eigenvalue weighted by Gasteiger charge is -2.24. The number of nitrogens with zero attached hydrogens (tertiary/aromatic N) is 2. The molecule has 2 aromatic carbocycles. The minimum absolute atomic E-state index is 0.0381. The molecule has 0 bridgehead atoms. The third-order valence-corrected chi connectivity index (χ3v) is 6.73. The van der Waals surface area contributed by atoms with Gasteiger partial charge in [0.1, 0.15) is 11.8 Å². The van der Waals surface area contributed by atoms with Gasteiger partial charge in [-0.2, -0.15) is 0 Å². The standard InChI is InChI=1S/C27H29N3O2/c31-23(17-18-9-3-1-4-10-18)29-27-25(26(32)20-12-5-2-6-13-20)30-24-21-14-8-7-11-19(21)15-16-22(24)28-27/h2,5-8,11-14,18,26,32H,1,3-4,9-10,15-17H2,(H,28,29,31). The number of aliphatic hydroxyl groups excluding tert-OH is 1. The molecule has 0 spiro atoms. The van der Waals surface area contributed by atoms with Crippen LogP contribution in [0.2, 0.25) is 0 Å². The molecule has 2 aliphatic rings. The predicted octanol–water partition coefficient (Wildman–Crippen LogP) is 5.23. The second kappa shape index (κ2) is 9.21. The highest BCUT2D eigenvalue weighted by Crippen LogP contribution is 2.35. The molecule has 1 amide bonds. The van der Waals surface area contributed by atoms with E-state index in [4.69, 9.17) is 9.97 Å². The molecule has 1 aromatic heterocycles. The van der Waals surface area contributed by atoms with Crippen LogP contribution < -0.4 is 5.32 Å². The molecule has 2 aliphatic carbocycles. The Bertz CT molecular complexity index is 1110. The van der Waals surface area contributed by atoms with Gasteiger partial charge in [0.05, 0.1) is 11.4 Å². The number of anilines is 1. The fourth-order valence-electron chi connectivity index (χ4n) is 5.01. The molecule has 3 aromatic rings.